The molecule has 1 fully saturated rings. The van der Waals surface area contributed by atoms with Gasteiger partial charge in [-0.05, 0) is 31.2 Å². The summed E-state index contributed by atoms with van der Waals surface area (Å²) >= 11 is 5.90. The molecule has 0 aromatic carbocycles. The Kier molecular flexibility index (Phi) is 3.32. The molecule has 0 radical (unpaired) electrons. The lowest BCUT2D eigenvalue weighted by Gasteiger charge is -2.11. The van der Waals surface area contributed by atoms with Crippen LogP contribution in [0.4, 0.5) is 0 Å². The van der Waals surface area contributed by atoms with Gasteiger partial charge < -0.3 is 9.88 Å². The Hall–Kier alpha value is -0.540. The van der Waals surface area contributed by atoms with Gasteiger partial charge in [0.25, 0.3) is 0 Å². The van der Waals surface area contributed by atoms with Gasteiger partial charge in [0.15, 0.2) is 0 Å². The van der Waals surface area contributed by atoms with Crippen LogP contribution in [0.2, 0.25) is 5.15 Å². The minimum Gasteiger partial charge on any atom is -0.321 e. The standard InChI is InChI=1S/C11H18ClN3/c1-8(9-3-4-9)5-13-7-11-14-6-10(12)15(11)2/h6,8-9,13H,3-5,7H2,1-2H3. The second kappa shape index (κ2) is 4.54. The Labute approximate surface area is 95.8 Å². The number of nitrogens with one attached hydrogen (secondary N) is 1. The molecule has 1 aromatic rings. The molecule has 1 aliphatic carbocycles. The van der Waals surface area contributed by atoms with Crippen molar-refractivity contribution in [3.63, 3.8) is 0 Å². The quantitative estimate of drug-likeness (QED) is 0.836. The maximum absolute atomic E-state index is 5.90. The van der Waals surface area contributed by atoms with Crippen LogP contribution in [0.1, 0.15) is 25.6 Å². The zero-order valence-electron chi connectivity index (χ0n) is 9.33. The van der Waals surface area contributed by atoms with Crippen molar-refractivity contribution in [2.24, 2.45) is 18.9 Å². The minimum absolute atomic E-state index is 0.696. The van der Waals surface area contributed by atoms with E-state index in [1.54, 1.807) is 6.20 Å². The zero-order chi connectivity index (χ0) is 10.8. The lowest BCUT2D eigenvalue weighted by Crippen LogP contribution is -2.23. The van der Waals surface area contributed by atoms with Gasteiger partial charge in [-0.2, -0.15) is 0 Å². The molecule has 1 unspecified atom stereocenters. The summed E-state index contributed by atoms with van der Waals surface area (Å²) in [4.78, 5) is 4.24. The van der Waals surface area contributed by atoms with Gasteiger partial charge in [-0.1, -0.05) is 18.5 Å². The average Bonchev–Trinajstić information content (AvgIpc) is 3.00. The SMILES string of the molecule is CC(CNCc1ncc(Cl)n1C)C1CC1. The molecule has 1 saturated carbocycles. The fraction of sp³-hybridized carbons (Fsp3) is 0.727. The monoisotopic (exact) mass is 227 g/mol. The second-order valence-electron chi connectivity index (χ2n) is 4.50. The zero-order valence-corrected chi connectivity index (χ0v) is 10.1. The average molecular weight is 228 g/mol. The molecule has 1 aliphatic rings. The number of hydrogen-bond acceptors (Lipinski definition) is 2. The van der Waals surface area contributed by atoms with E-state index in [1.807, 2.05) is 11.6 Å². The third kappa shape index (κ3) is 2.73. The Morgan fingerprint density at radius 2 is 2.40 bits per heavy atom. The van der Waals surface area contributed by atoms with Crippen LogP contribution >= 0.6 is 11.6 Å². The fourth-order valence-electron chi connectivity index (χ4n) is 1.83. The normalized spacial score (nSPS) is 18.1. The molecule has 1 atom stereocenters. The van der Waals surface area contributed by atoms with Gasteiger partial charge >= 0.3 is 0 Å². The van der Waals surface area contributed by atoms with Gasteiger partial charge in [0, 0.05) is 7.05 Å². The molecular weight excluding hydrogens is 210 g/mol. The Bertz CT molecular complexity index is 331. The predicted molar refractivity (Wildman–Crippen MR) is 61.8 cm³/mol. The smallest absolute Gasteiger partial charge is 0.128 e. The van der Waals surface area contributed by atoms with Crippen LogP contribution in [0.5, 0.6) is 0 Å². The molecule has 4 heteroatoms. The summed E-state index contributed by atoms with van der Waals surface area (Å²) in [5.74, 6) is 2.76. The molecule has 84 valence electrons. The van der Waals surface area contributed by atoms with E-state index in [1.165, 1.54) is 12.8 Å². The first-order valence-electron chi connectivity index (χ1n) is 5.55. The molecule has 0 amide bonds. The van der Waals surface area contributed by atoms with Crippen molar-refractivity contribution in [1.82, 2.24) is 14.9 Å². The third-order valence-corrected chi connectivity index (χ3v) is 3.56. The molecular formula is C11H18ClN3. The van der Waals surface area contributed by atoms with Gasteiger partial charge in [0.2, 0.25) is 0 Å². The van der Waals surface area contributed by atoms with E-state index in [9.17, 15) is 0 Å². The first-order valence-corrected chi connectivity index (χ1v) is 5.93. The molecule has 2 rings (SSSR count). The minimum atomic E-state index is 0.696. The van der Waals surface area contributed by atoms with Crippen molar-refractivity contribution in [2.75, 3.05) is 6.54 Å². The Morgan fingerprint density at radius 3 is 2.93 bits per heavy atom. The highest BCUT2D eigenvalue weighted by Gasteiger charge is 2.27. The summed E-state index contributed by atoms with van der Waals surface area (Å²) in [6.07, 6.45) is 4.52. The summed E-state index contributed by atoms with van der Waals surface area (Å²) in [7, 11) is 1.94. The molecule has 0 spiro atoms. The van der Waals surface area contributed by atoms with Gasteiger partial charge in [-0.15, -0.1) is 0 Å². The van der Waals surface area contributed by atoms with Crippen LogP contribution < -0.4 is 5.32 Å². The van der Waals surface area contributed by atoms with E-state index in [4.69, 9.17) is 11.6 Å². The number of rotatable bonds is 5. The van der Waals surface area contributed by atoms with Crippen LogP contribution in [-0.4, -0.2) is 16.1 Å². The van der Waals surface area contributed by atoms with Crippen molar-refractivity contribution in [3.8, 4) is 0 Å². The molecule has 0 bridgehead atoms. The number of aromatic nitrogens is 2. The third-order valence-electron chi connectivity index (χ3n) is 3.20. The number of hydrogen-bond donors (Lipinski definition) is 1. The Morgan fingerprint density at radius 1 is 1.67 bits per heavy atom. The molecule has 1 aromatic heterocycles. The molecule has 1 heterocycles. The van der Waals surface area contributed by atoms with Gasteiger partial charge in [-0.25, -0.2) is 4.98 Å². The van der Waals surface area contributed by atoms with Gasteiger partial charge in [0.05, 0.1) is 12.7 Å². The van der Waals surface area contributed by atoms with E-state index >= 15 is 0 Å². The first-order chi connectivity index (χ1) is 7.18. The van der Waals surface area contributed by atoms with Crippen molar-refractivity contribution in [3.05, 3.63) is 17.2 Å². The maximum Gasteiger partial charge on any atom is 0.128 e. The van der Waals surface area contributed by atoms with E-state index in [2.05, 4.69) is 17.2 Å². The lowest BCUT2D eigenvalue weighted by atomic mass is 10.1. The van der Waals surface area contributed by atoms with E-state index < -0.39 is 0 Å². The van der Waals surface area contributed by atoms with Gasteiger partial charge in [0.1, 0.15) is 11.0 Å². The number of halogens is 1. The molecule has 1 N–H and O–H groups in total. The van der Waals surface area contributed by atoms with Crippen LogP contribution in [0.15, 0.2) is 6.20 Å². The molecule has 3 nitrogen and oxygen atoms in total. The summed E-state index contributed by atoms with van der Waals surface area (Å²) < 4.78 is 1.91. The number of nitrogens with zero attached hydrogens (tertiary/aromatic N) is 2. The van der Waals surface area contributed by atoms with Crippen LogP contribution in [-0.2, 0) is 13.6 Å². The number of imidazole rings is 1. The summed E-state index contributed by atoms with van der Waals surface area (Å²) in [6.45, 7) is 4.20. The van der Waals surface area contributed by atoms with Crippen LogP contribution in [0, 0.1) is 11.8 Å². The predicted octanol–water partition coefficient (Wildman–Crippen LogP) is 2.21. The first kappa shape index (κ1) is 11.0. The lowest BCUT2D eigenvalue weighted by molar-refractivity contribution is 0.455. The molecule has 0 aliphatic heterocycles. The van der Waals surface area contributed by atoms with Crippen LogP contribution in [0.3, 0.4) is 0 Å². The highest BCUT2D eigenvalue weighted by atomic mass is 35.5. The fourth-order valence-corrected chi connectivity index (χ4v) is 1.98. The largest absolute Gasteiger partial charge is 0.321 e. The van der Waals surface area contributed by atoms with Crippen molar-refractivity contribution < 1.29 is 0 Å². The topological polar surface area (TPSA) is 29.9 Å². The second-order valence-corrected chi connectivity index (χ2v) is 4.89. The van der Waals surface area contributed by atoms with Gasteiger partial charge in [-0.3, -0.25) is 0 Å². The summed E-state index contributed by atoms with van der Waals surface area (Å²) in [6, 6.07) is 0. The van der Waals surface area contributed by atoms with Crippen molar-refractivity contribution in [1.29, 1.82) is 0 Å². The van der Waals surface area contributed by atoms with E-state index in [-0.39, 0.29) is 0 Å². The van der Waals surface area contributed by atoms with Crippen molar-refractivity contribution >= 4 is 11.6 Å². The molecule has 15 heavy (non-hydrogen) atoms. The highest BCUT2D eigenvalue weighted by molar-refractivity contribution is 6.29. The van der Waals surface area contributed by atoms with Crippen molar-refractivity contribution in [2.45, 2.75) is 26.3 Å². The van der Waals surface area contributed by atoms with E-state index in [0.29, 0.717) is 5.15 Å². The highest BCUT2D eigenvalue weighted by Crippen LogP contribution is 2.36. The summed E-state index contributed by atoms with van der Waals surface area (Å²) in [5.41, 5.74) is 0. The maximum atomic E-state index is 5.90. The van der Waals surface area contributed by atoms with E-state index in [0.717, 1.165) is 30.7 Å². The summed E-state index contributed by atoms with van der Waals surface area (Å²) in [5, 5.41) is 4.13. The molecule has 0 saturated heterocycles. The Balaban J connectivity index is 1.75. The van der Waals surface area contributed by atoms with Crippen LogP contribution in [0.25, 0.3) is 0 Å².